The van der Waals surface area contributed by atoms with Crippen molar-refractivity contribution in [3.63, 3.8) is 0 Å². The van der Waals surface area contributed by atoms with Gasteiger partial charge in [-0.25, -0.2) is 4.98 Å². The summed E-state index contributed by atoms with van der Waals surface area (Å²) in [5.74, 6) is -1.09. The van der Waals surface area contributed by atoms with Crippen LogP contribution in [0.15, 0.2) is 103 Å². The Bertz CT molecular complexity index is 1380. The standard InChI is InChI=1S/C28H24N4O2S/c33-26(32-28-29-15-16-35-28)24(17-21-18-30-23-14-8-7-13-22(21)23)31-27(34)25(19-9-3-1-4-10-19)20-11-5-2-6-12-20/h1-16,18,24-25,30H,17H2,(H,31,34)(H,29,32,33)/t24-/m1/s1. The number of para-hydroxylation sites is 1. The topological polar surface area (TPSA) is 86.9 Å². The molecule has 2 amide bonds. The molecule has 3 aromatic carbocycles. The van der Waals surface area contributed by atoms with Crippen molar-refractivity contribution in [1.29, 1.82) is 0 Å². The molecule has 5 rings (SSSR count). The van der Waals surface area contributed by atoms with E-state index in [0.717, 1.165) is 27.6 Å². The SMILES string of the molecule is O=C(N[C@H](Cc1c[nH]c2ccccc12)C(=O)Nc1nccs1)C(c1ccccc1)c1ccccc1. The van der Waals surface area contributed by atoms with E-state index in [1.54, 1.807) is 11.6 Å². The molecule has 0 aliphatic heterocycles. The third-order valence-electron chi connectivity index (χ3n) is 5.92. The number of fused-ring (bicyclic) bond motifs is 1. The number of amides is 2. The van der Waals surface area contributed by atoms with Crippen molar-refractivity contribution in [2.45, 2.75) is 18.4 Å². The smallest absolute Gasteiger partial charge is 0.249 e. The molecule has 2 aromatic heterocycles. The first kappa shape index (κ1) is 22.6. The number of hydrogen-bond acceptors (Lipinski definition) is 4. The molecule has 0 aliphatic rings. The van der Waals surface area contributed by atoms with Crippen LogP contribution in [0, 0.1) is 0 Å². The van der Waals surface area contributed by atoms with Gasteiger partial charge in [-0.2, -0.15) is 0 Å². The highest BCUT2D eigenvalue weighted by molar-refractivity contribution is 7.13. The van der Waals surface area contributed by atoms with E-state index in [1.807, 2.05) is 91.1 Å². The second-order valence-corrected chi connectivity index (χ2v) is 9.10. The molecule has 0 saturated carbocycles. The number of nitrogens with zero attached hydrogens (tertiary/aromatic N) is 1. The van der Waals surface area contributed by atoms with Crippen molar-refractivity contribution < 1.29 is 9.59 Å². The van der Waals surface area contributed by atoms with Crippen LogP contribution in [0.3, 0.4) is 0 Å². The molecule has 0 bridgehead atoms. The summed E-state index contributed by atoms with van der Waals surface area (Å²) in [6.45, 7) is 0. The Balaban J connectivity index is 1.46. The summed E-state index contributed by atoms with van der Waals surface area (Å²) >= 11 is 1.34. The minimum absolute atomic E-state index is 0.235. The number of nitrogens with one attached hydrogen (secondary N) is 3. The largest absolute Gasteiger partial charge is 0.361 e. The molecule has 0 unspecified atom stereocenters. The lowest BCUT2D eigenvalue weighted by Gasteiger charge is -2.23. The van der Waals surface area contributed by atoms with Gasteiger partial charge in [0.1, 0.15) is 6.04 Å². The summed E-state index contributed by atoms with van der Waals surface area (Å²) in [5, 5.41) is 9.21. The molecule has 35 heavy (non-hydrogen) atoms. The second-order valence-electron chi connectivity index (χ2n) is 8.21. The van der Waals surface area contributed by atoms with E-state index >= 15 is 0 Å². The third kappa shape index (κ3) is 5.15. The van der Waals surface area contributed by atoms with Gasteiger partial charge in [0.15, 0.2) is 5.13 Å². The first-order valence-corrected chi connectivity index (χ1v) is 12.2. The number of thiazole rings is 1. The van der Waals surface area contributed by atoms with Crippen LogP contribution in [0.25, 0.3) is 10.9 Å². The summed E-state index contributed by atoms with van der Waals surface area (Å²) in [5.41, 5.74) is 3.67. The minimum Gasteiger partial charge on any atom is -0.361 e. The van der Waals surface area contributed by atoms with E-state index in [-0.39, 0.29) is 11.8 Å². The Hall–Kier alpha value is -4.23. The van der Waals surface area contributed by atoms with E-state index in [1.165, 1.54) is 11.3 Å². The highest BCUT2D eigenvalue weighted by Gasteiger charge is 2.29. The fraction of sp³-hybridized carbons (Fsp3) is 0.107. The van der Waals surface area contributed by atoms with E-state index in [4.69, 9.17) is 0 Å². The summed E-state index contributed by atoms with van der Waals surface area (Å²) < 4.78 is 0. The van der Waals surface area contributed by atoms with Crippen LogP contribution >= 0.6 is 11.3 Å². The van der Waals surface area contributed by atoms with Crippen LogP contribution in [0.4, 0.5) is 5.13 Å². The number of benzene rings is 3. The predicted octanol–water partition coefficient (Wildman–Crippen LogP) is 5.12. The highest BCUT2D eigenvalue weighted by atomic mass is 32.1. The number of anilines is 1. The molecule has 0 aliphatic carbocycles. The van der Waals surface area contributed by atoms with Crippen LogP contribution in [0.5, 0.6) is 0 Å². The summed E-state index contributed by atoms with van der Waals surface area (Å²) in [6, 6.07) is 26.4. The van der Waals surface area contributed by atoms with Gasteiger partial charge in [0.2, 0.25) is 11.8 Å². The lowest BCUT2D eigenvalue weighted by molar-refractivity contribution is -0.126. The number of aromatic amines is 1. The van der Waals surface area contributed by atoms with Crippen molar-refractivity contribution >= 4 is 39.2 Å². The van der Waals surface area contributed by atoms with Gasteiger partial charge in [-0.05, 0) is 22.8 Å². The lowest BCUT2D eigenvalue weighted by atomic mass is 9.90. The number of hydrogen-bond donors (Lipinski definition) is 3. The quantitative estimate of drug-likeness (QED) is 0.288. The minimum atomic E-state index is -0.791. The molecule has 0 spiro atoms. The number of aromatic nitrogens is 2. The van der Waals surface area contributed by atoms with Gasteiger partial charge in [0, 0.05) is 35.1 Å². The zero-order valence-electron chi connectivity index (χ0n) is 18.8. The second kappa shape index (κ2) is 10.4. The maximum atomic E-state index is 13.7. The molecule has 174 valence electrons. The maximum Gasteiger partial charge on any atom is 0.249 e. The van der Waals surface area contributed by atoms with Gasteiger partial charge in [0.05, 0.1) is 5.92 Å². The molecular formula is C28H24N4O2S. The zero-order valence-corrected chi connectivity index (χ0v) is 19.7. The van der Waals surface area contributed by atoms with Crippen molar-refractivity contribution in [3.05, 3.63) is 119 Å². The molecule has 0 saturated heterocycles. The molecule has 3 N–H and O–H groups in total. The van der Waals surface area contributed by atoms with E-state index < -0.39 is 12.0 Å². The summed E-state index contributed by atoms with van der Waals surface area (Å²) in [4.78, 5) is 34.5. The maximum absolute atomic E-state index is 13.7. The van der Waals surface area contributed by atoms with Gasteiger partial charge < -0.3 is 15.6 Å². The number of H-pyrrole nitrogens is 1. The first-order valence-electron chi connectivity index (χ1n) is 11.3. The summed E-state index contributed by atoms with van der Waals surface area (Å²) in [6.07, 6.45) is 3.87. The molecule has 1 atom stereocenters. The third-order valence-corrected chi connectivity index (χ3v) is 6.61. The predicted molar refractivity (Wildman–Crippen MR) is 139 cm³/mol. The Kier molecular flexibility index (Phi) is 6.68. The number of carbonyl (C=O) groups excluding carboxylic acids is 2. The molecule has 5 aromatic rings. The van der Waals surface area contributed by atoms with Crippen molar-refractivity contribution in [2.24, 2.45) is 0 Å². The fourth-order valence-electron chi connectivity index (χ4n) is 4.25. The molecule has 0 fully saturated rings. The fourth-order valence-corrected chi connectivity index (χ4v) is 4.78. The average Bonchev–Trinajstić information content (AvgIpc) is 3.55. The van der Waals surface area contributed by atoms with Crippen LogP contribution in [-0.2, 0) is 16.0 Å². The highest BCUT2D eigenvalue weighted by Crippen LogP contribution is 2.26. The normalized spacial score (nSPS) is 11.9. The van der Waals surface area contributed by atoms with Gasteiger partial charge >= 0.3 is 0 Å². The molecule has 2 heterocycles. The van der Waals surface area contributed by atoms with E-state index in [2.05, 4.69) is 20.6 Å². The Labute approximate surface area is 207 Å². The van der Waals surface area contributed by atoms with Gasteiger partial charge in [0.25, 0.3) is 0 Å². The van der Waals surface area contributed by atoms with Gasteiger partial charge in [-0.15, -0.1) is 11.3 Å². The Morgan fingerprint density at radius 1 is 0.857 bits per heavy atom. The van der Waals surface area contributed by atoms with Crippen LogP contribution in [0.2, 0.25) is 0 Å². The average molecular weight is 481 g/mol. The number of rotatable bonds is 8. The first-order chi connectivity index (χ1) is 17.2. The van der Waals surface area contributed by atoms with Gasteiger partial charge in [-0.1, -0.05) is 78.9 Å². The van der Waals surface area contributed by atoms with Gasteiger partial charge in [-0.3, -0.25) is 9.59 Å². The van der Waals surface area contributed by atoms with Crippen molar-refractivity contribution in [3.8, 4) is 0 Å². The lowest BCUT2D eigenvalue weighted by Crippen LogP contribution is -2.47. The van der Waals surface area contributed by atoms with Crippen LogP contribution in [0.1, 0.15) is 22.6 Å². The Morgan fingerprint density at radius 2 is 1.51 bits per heavy atom. The van der Waals surface area contributed by atoms with E-state index in [0.29, 0.717) is 11.6 Å². The van der Waals surface area contributed by atoms with Crippen molar-refractivity contribution in [1.82, 2.24) is 15.3 Å². The number of carbonyl (C=O) groups is 2. The van der Waals surface area contributed by atoms with Crippen LogP contribution < -0.4 is 10.6 Å². The van der Waals surface area contributed by atoms with Crippen molar-refractivity contribution in [2.75, 3.05) is 5.32 Å². The Morgan fingerprint density at radius 3 is 2.17 bits per heavy atom. The zero-order chi connectivity index (χ0) is 24.0. The molecular weight excluding hydrogens is 456 g/mol. The van der Waals surface area contributed by atoms with Crippen LogP contribution in [-0.4, -0.2) is 27.8 Å². The molecule has 6 nitrogen and oxygen atoms in total. The monoisotopic (exact) mass is 480 g/mol. The van der Waals surface area contributed by atoms with E-state index in [9.17, 15) is 9.59 Å². The summed E-state index contributed by atoms with van der Waals surface area (Å²) in [7, 11) is 0. The molecule has 7 heteroatoms. The molecule has 0 radical (unpaired) electrons.